The van der Waals surface area contributed by atoms with Gasteiger partial charge in [0.1, 0.15) is 0 Å². The summed E-state index contributed by atoms with van der Waals surface area (Å²) in [5, 5.41) is 16.3. The van der Waals surface area contributed by atoms with E-state index in [4.69, 9.17) is 0 Å². The minimum Gasteiger partial charge on any atom is -0.396 e. The van der Waals surface area contributed by atoms with E-state index in [0.29, 0.717) is 6.54 Å². The van der Waals surface area contributed by atoms with Crippen molar-refractivity contribution < 1.29 is 5.11 Å². The van der Waals surface area contributed by atoms with Crippen molar-refractivity contribution in [1.29, 1.82) is 0 Å². The molecule has 0 bridgehead atoms. The van der Waals surface area contributed by atoms with Gasteiger partial charge in [-0.15, -0.1) is 0 Å². The van der Waals surface area contributed by atoms with Gasteiger partial charge in [0.05, 0.1) is 13.2 Å². The zero-order valence-corrected chi connectivity index (χ0v) is 15.2. The van der Waals surface area contributed by atoms with Gasteiger partial charge < -0.3 is 15.7 Å². The molecule has 0 heterocycles. The first-order chi connectivity index (χ1) is 12.2. The molecule has 0 spiro atoms. The summed E-state index contributed by atoms with van der Waals surface area (Å²) < 4.78 is 0. The smallest absolute Gasteiger partial charge is 0.191 e. The van der Waals surface area contributed by atoms with Crippen molar-refractivity contribution in [3.05, 3.63) is 71.3 Å². The van der Waals surface area contributed by atoms with Gasteiger partial charge in [-0.1, -0.05) is 60.2 Å². The van der Waals surface area contributed by atoms with Crippen molar-refractivity contribution >= 4 is 5.96 Å². The fraction of sp³-hybridized carbons (Fsp3) is 0.381. The Labute approximate surface area is 151 Å². The molecule has 0 aliphatic heterocycles. The molecule has 0 aliphatic rings. The van der Waals surface area contributed by atoms with Gasteiger partial charge >= 0.3 is 0 Å². The van der Waals surface area contributed by atoms with E-state index in [1.807, 2.05) is 30.3 Å². The lowest BCUT2D eigenvalue weighted by atomic mass is 10.0. The maximum absolute atomic E-state index is 9.66. The second-order valence-corrected chi connectivity index (χ2v) is 6.17. The SMILES string of the molecule is CCNC(=NCC(CO)c1ccccc1)NCCc1ccc(C)cc1. The fourth-order valence-electron chi connectivity index (χ4n) is 2.62. The third-order valence-electron chi connectivity index (χ3n) is 4.13. The van der Waals surface area contributed by atoms with E-state index in [1.54, 1.807) is 0 Å². The van der Waals surface area contributed by atoms with E-state index in [1.165, 1.54) is 11.1 Å². The molecule has 4 nitrogen and oxygen atoms in total. The number of aryl methyl sites for hydroxylation is 1. The van der Waals surface area contributed by atoms with E-state index >= 15 is 0 Å². The lowest BCUT2D eigenvalue weighted by molar-refractivity contribution is 0.268. The van der Waals surface area contributed by atoms with Crippen LogP contribution in [0.3, 0.4) is 0 Å². The van der Waals surface area contributed by atoms with Crippen LogP contribution in [0.15, 0.2) is 59.6 Å². The first kappa shape index (κ1) is 19.0. The molecule has 0 aliphatic carbocycles. The minimum atomic E-state index is 0.0220. The number of nitrogens with one attached hydrogen (secondary N) is 2. The van der Waals surface area contributed by atoms with Crippen LogP contribution < -0.4 is 10.6 Å². The molecular weight excluding hydrogens is 310 g/mol. The molecule has 4 heteroatoms. The summed E-state index contributed by atoms with van der Waals surface area (Å²) in [6.45, 7) is 6.44. The number of hydrogen-bond acceptors (Lipinski definition) is 2. The summed E-state index contributed by atoms with van der Waals surface area (Å²) in [5.74, 6) is 0.817. The van der Waals surface area contributed by atoms with Crippen LogP contribution in [0, 0.1) is 6.92 Å². The Bertz CT molecular complexity index is 638. The molecule has 0 saturated carbocycles. The molecule has 0 fully saturated rings. The summed E-state index contributed by atoms with van der Waals surface area (Å²) in [5.41, 5.74) is 3.71. The minimum absolute atomic E-state index is 0.0220. The number of benzene rings is 2. The Morgan fingerprint density at radius 3 is 2.40 bits per heavy atom. The summed E-state index contributed by atoms with van der Waals surface area (Å²) in [7, 11) is 0. The Morgan fingerprint density at radius 1 is 1.04 bits per heavy atom. The first-order valence-corrected chi connectivity index (χ1v) is 8.96. The third kappa shape index (κ3) is 6.59. The predicted octanol–water partition coefficient (Wildman–Crippen LogP) is 2.87. The molecule has 2 aromatic carbocycles. The lowest BCUT2D eigenvalue weighted by Crippen LogP contribution is -2.38. The molecular formula is C21H29N3O. The van der Waals surface area contributed by atoms with Crippen molar-refractivity contribution in [2.45, 2.75) is 26.2 Å². The number of rotatable bonds is 8. The molecule has 134 valence electrons. The Hall–Kier alpha value is -2.33. The van der Waals surface area contributed by atoms with Crippen LogP contribution in [0.25, 0.3) is 0 Å². The zero-order valence-electron chi connectivity index (χ0n) is 15.2. The quantitative estimate of drug-likeness (QED) is 0.512. The van der Waals surface area contributed by atoms with E-state index in [-0.39, 0.29) is 12.5 Å². The van der Waals surface area contributed by atoms with Crippen molar-refractivity contribution in [2.24, 2.45) is 4.99 Å². The van der Waals surface area contributed by atoms with Crippen LogP contribution in [-0.2, 0) is 6.42 Å². The first-order valence-electron chi connectivity index (χ1n) is 8.96. The molecule has 1 unspecified atom stereocenters. The zero-order chi connectivity index (χ0) is 17.9. The largest absolute Gasteiger partial charge is 0.396 e. The summed E-state index contributed by atoms with van der Waals surface area (Å²) in [6, 6.07) is 18.6. The van der Waals surface area contributed by atoms with Crippen LogP contribution >= 0.6 is 0 Å². The van der Waals surface area contributed by atoms with E-state index in [0.717, 1.165) is 31.0 Å². The summed E-state index contributed by atoms with van der Waals surface area (Å²) in [6.07, 6.45) is 0.951. The van der Waals surface area contributed by atoms with Gasteiger partial charge in [0.2, 0.25) is 0 Å². The molecule has 2 rings (SSSR count). The number of aliphatic hydroxyl groups is 1. The number of guanidine groups is 1. The van der Waals surface area contributed by atoms with Crippen LogP contribution in [0.4, 0.5) is 0 Å². The van der Waals surface area contributed by atoms with E-state index in [2.05, 4.69) is 53.7 Å². The topological polar surface area (TPSA) is 56.7 Å². The molecule has 0 amide bonds. The predicted molar refractivity (Wildman–Crippen MR) is 105 cm³/mol. The fourth-order valence-corrected chi connectivity index (χ4v) is 2.62. The highest BCUT2D eigenvalue weighted by atomic mass is 16.3. The second-order valence-electron chi connectivity index (χ2n) is 6.17. The normalized spacial score (nSPS) is 12.7. The highest BCUT2D eigenvalue weighted by molar-refractivity contribution is 5.79. The third-order valence-corrected chi connectivity index (χ3v) is 4.13. The van der Waals surface area contributed by atoms with Gasteiger partial charge in [0.25, 0.3) is 0 Å². The van der Waals surface area contributed by atoms with Gasteiger partial charge in [-0.05, 0) is 31.4 Å². The Kier molecular flexibility index (Phi) is 7.99. The summed E-state index contributed by atoms with van der Waals surface area (Å²) in [4.78, 5) is 4.64. The highest BCUT2D eigenvalue weighted by Gasteiger charge is 2.09. The number of hydrogen-bond donors (Lipinski definition) is 3. The maximum atomic E-state index is 9.66. The molecule has 2 aromatic rings. The van der Waals surface area contributed by atoms with Crippen molar-refractivity contribution in [2.75, 3.05) is 26.2 Å². The average Bonchev–Trinajstić information content (AvgIpc) is 2.64. The van der Waals surface area contributed by atoms with Gasteiger partial charge in [0, 0.05) is 19.0 Å². The molecule has 0 radical (unpaired) electrons. The van der Waals surface area contributed by atoms with Gasteiger partial charge in [-0.25, -0.2) is 0 Å². The maximum Gasteiger partial charge on any atom is 0.191 e. The van der Waals surface area contributed by atoms with Crippen LogP contribution in [0.5, 0.6) is 0 Å². The highest BCUT2D eigenvalue weighted by Crippen LogP contribution is 2.14. The molecule has 0 aromatic heterocycles. The average molecular weight is 339 g/mol. The molecule has 1 atom stereocenters. The van der Waals surface area contributed by atoms with Gasteiger partial charge in [0.15, 0.2) is 5.96 Å². The van der Waals surface area contributed by atoms with E-state index < -0.39 is 0 Å². The van der Waals surface area contributed by atoms with Crippen LogP contribution in [0.2, 0.25) is 0 Å². The molecule has 0 saturated heterocycles. The Balaban J connectivity index is 1.89. The Morgan fingerprint density at radius 2 is 1.76 bits per heavy atom. The van der Waals surface area contributed by atoms with Crippen LogP contribution in [-0.4, -0.2) is 37.3 Å². The summed E-state index contributed by atoms with van der Waals surface area (Å²) >= 11 is 0. The van der Waals surface area contributed by atoms with Crippen molar-refractivity contribution in [3.63, 3.8) is 0 Å². The van der Waals surface area contributed by atoms with Gasteiger partial charge in [-0.3, -0.25) is 4.99 Å². The lowest BCUT2D eigenvalue weighted by Gasteiger charge is -2.15. The standard InChI is InChI=1S/C21H29N3O/c1-3-22-21(23-14-13-18-11-9-17(2)10-12-18)24-15-20(16-25)19-7-5-4-6-8-19/h4-12,20,25H,3,13-16H2,1-2H3,(H2,22,23,24). The van der Waals surface area contributed by atoms with Gasteiger partial charge in [-0.2, -0.15) is 0 Å². The number of aliphatic imine (C=N–C) groups is 1. The number of nitrogens with zero attached hydrogens (tertiary/aromatic N) is 1. The van der Waals surface area contributed by atoms with Crippen molar-refractivity contribution in [1.82, 2.24) is 10.6 Å². The van der Waals surface area contributed by atoms with E-state index in [9.17, 15) is 5.11 Å². The second kappa shape index (κ2) is 10.5. The molecule has 25 heavy (non-hydrogen) atoms. The van der Waals surface area contributed by atoms with Crippen LogP contribution in [0.1, 0.15) is 29.5 Å². The molecule has 3 N–H and O–H groups in total. The monoisotopic (exact) mass is 339 g/mol. The van der Waals surface area contributed by atoms with Crippen molar-refractivity contribution in [3.8, 4) is 0 Å². The number of aliphatic hydroxyl groups excluding tert-OH is 1.